The smallest absolute Gasteiger partial charge is 0.148 e. The van der Waals surface area contributed by atoms with Crippen LogP contribution in [0.5, 0.6) is 0 Å². The maximum Gasteiger partial charge on any atom is 0.148 e. The summed E-state index contributed by atoms with van der Waals surface area (Å²) >= 11 is 6.11. The van der Waals surface area contributed by atoms with Gasteiger partial charge in [0.1, 0.15) is 12.1 Å². The molecule has 0 atom stereocenters. The second-order valence-corrected chi connectivity index (χ2v) is 6.69. The van der Waals surface area contributed by atoms with Gasteiger partial charge in [0.15, 0.2) is 0 Å². The van der Waals surface area contributed by atoms with Gasteiger partial charge in [0.05, 0.1) is 11.0 Å². The molecule has 25 heavy (non-hydrogen) atoms. The van der Waals surface area contributed by atoms with Gasteiger partial charge in [-0.25, -0.2) is 9.97 Å². The van der Waals surface area contributed by atoms with E-state index in [2.05, 4.69) is 46.6 Å². The van der Waals surface area contributed by atoms with Gasteiger partial charge in [-0.1, -0.05) is 23.2 Å². The molecule has 0 fully saturated rings. The summed E-state index contributed by atoms with van der Waals surface area (Å²) in [5.41, 5.74) is 5.34. The first-order valence-corrected chi connectivity index (χ1v) is 8.60. The highest BCUT2D eigenvalue weighted by molar-refractivity contribution is 6.31. The average Bonchev–Trinajstić information content (AvgIpc) is 2.86. The van der Waals surface area contributed by atoms with Gasteiger partial charge < -0.3 is 5.11 Å². The fraction of sp³-hybridized carbons (Fsp3) is 0.200. The van der Waals surface area contributed by atoms with Crippen molar-refractivity contribution < 1.29 is 5.11 Å². The first-order chi connectivity index (χ1) is 12.1. The van der Waals surface area contributed by atoms with Crippen LogP contribution >= 0.6 is 11.6 Å². The van der Waals surface area contributed by atoms with Crippen LogP contribution in [0.25, 0.3) is 27.6 Å². The predicted molar refractivity (Wildman–Crippen MR) is 102 cm³/mol. The van der Waals surface area contributed by atoms with Crippen LogP contribution in [0.4, 0.5) is 0 Å². The highest BCUT2D eigenvalue weighted by Crippen LogP contribution is 2.32. The Labute approximate surface area is 150 Å². The van der Waals surface area contributed by atoms with E-state index in [9.17, 15) is 5.11 Å². The SMILES string of the molecule is Cc1ccc2c(c1)c(CCO)c(C)n2-c1ncnc2cc(Cl)ccc12. The summed E-state index contributed by atoms with van der Waals surface area (Å²) in [5, 5.41) is 12.3. The Balaban J connectivity index is 2.10. The van der Waals surface area contributed by atoms with Crippen LogP contribution in [0.15, 0.2) is 42.7 Å². The van der Waals surface area contributed by atoms with Crippen molar-refractivity contribution in [3.8, 4) is 5.82 Å². The molecule has 126 valence electrons. The van der Waals surface area contributed by atoms with Crippen LogP contribution < -0.4 is 0 Å². The van der Waals surface area contributed by atoms with E-state index in [0.717, 1.165) is 38.9 Å². The number of halogens is 1. The molecular formula is C20H18ClN3O. The van der Waals surface area contributed by atoms with Crippen molar-refractivity contribution in [1.82, 2.24) is 14.5 Å². The summed E-state index contributed by atoms with van der Waals surface area (Å²) in [7, 11) is 0. The third kappa shape index (κ3) is 2.58. The summed E-state index contributed by atoms with van der Waals surface area (Å²) in [5.74, 6) is 0.831. The molecule has 0 bridgehead atoms. The maximum absolute atomic E-state index is 9.51. The Bertz CT molecular complexity index is 1100. The van der Waals surface area contributed by atoms with E-state index in [1.165, 1.54) is 5.56 Å². The largest absolute Gasteiger partial charge is 0.396 e. The summed E-state index contributed by atoms with van der Waals surface area (Å²) in [6.45, 7) is 4.27. The van der Waals surface area contributed by atoms with Crippen molar-refractivity contribution in [3.05, 3.63) is 64.6 Å². The molecular weight excluding hydrogens is 334 g/mol. The quantitative estimate of drug-likeness (QED) is 0.596. The molecule has 1 N–H and O–H groups in total. The molecule has 0 aliphatic rings. The molecule has 4 rings (SSSR count). The molecule has 0 unspecified atom stereocenters. The molecule has 2 heterocycles. The predicted octanol–water partition coefficient (Wildman–Crippen LogP) is 4.38. The fourth-order valence-electron chi connectivity index (χ4n) is 3.49. The van der Waals surface area contributed by atoms with Gasteiger partial charge in [0.25, 0.3) is 0 Å². The number of hydrogen-bond donors (Lipinski definition) is 1. The van der Waals surface area contributed by atoms with Gasteiger partial charge in [-0.3, -0.25) is 4.57 Å². The van der Waals surface area contributed by atoms with Gasteiger partial charge >= 0.3 is 0 Å². The average molecular weight is 352 g/mol. The molecule has 0 radical (unpaired) electrons. The van der Waals surface area contributed by atoms with E-state index < -0.39 is 0 Å². The van der Waals surface area contributed by atoms with Crippen LogP contribution in [0.3, 0.4) is 0 Å². The molecule has 0 spiro atoms. The number of hydrogen-bond acceptors (Lipinski definition) is 3. The minimum absolute atomic E-state index is 0.119. The summed E-state index contributed by atoms with van der Waals surface area (Å²) in [6.07, 6.45) is 2.19. The molecule has 0 amide bonds. The van der Waals surface area contributed by atoms with E-state index in [1.54, 1.807) is 6.33 Å². The number of nitrogens with zero attached hydrogens (tertiary/aromatic N) is 3. The Hall–Kier alpha value is -2.43. The topological polar surface area (TPSA) is 50.9 Å². The lowest BCUT2D eigenvalue weighted by atomic mass is 10.1. The van der Waals surface area contributed by atoms with E-state index in [-0.39, 0.29) is 6.61 Å². The Morgan fingerprint density at radius 1 is 1.04 bits per heavy atom. The van der Waals surface area contributed by atoms with Crippen molar-refractivity contribution in [2.75, 3.05) is 6.61 Å². The zero-order valence-corrected chi connectivity index (χ0v) is 14.9. The van der Waals surface area contributed by atoms with Gasteiger partial charge in [-0.15, -0.1) is 0 Å². The first-order valence-electron chi connectivity index (χ1n) is 8.22. The monoisotopic (exact) mass is 351 g/mol. The Morgan fingerprint density at radius 3 is 2.68 bits per heavy atom. The van der Waals surface area contributed by atoms with Crippen LogP contribution in [-0.4, -0.2) is 26.2 Å². The summed E-state index contributed by atoms with van der Waals surface area (Å²) in [4.78, 5) is 8.91. The van der Waals surface area contributed by atoms with E-state index in [1.807, 2.05) is 18.2 Å². The normalized spacial score (nSPS) is 11.5. The van der Waals surface area contributed by atoms with E-state index in [0.29, 0.717) is 11.4 Å². The van der Waals surface area contributed by atoms with Crippen LogP contribution in [0.2, 0.25) is 5.02 Å². The third-order valence-electron chi connectivity index (χ3n) is 4.64. The number of aliphatic hydroxyl groups is 1. The van der Waals surface area contributed by atoms with Crippen LogP contribution in [-0.2, 0) is 6.42 Å². The lowest BCUT2D eigenvalue weighted by Crippen LogP contribution is -2.03. The number of rotatable bonds is 3. The Kier molecular flexibility index (Phi) is 3.94. The third-order valence-corrected chi connectivity index (χ3v) is 4.88. The molecule has 0 aliphatic heterocycles. The standard InChI is InChI=1S/C20H18ClN3O/c1-12-3-6-19-17(9-12)15(7-8-25)13(2)24(19)20-16-5-4-14(21)10-18(16)22-11-23-20/h3-6,9-11,25H,7-8H2,1-2H3. The summed E-state index contributed by atoms with van der Waals surface area (Å²) in [6, 6.07) is 12.0. The minimum Gasteiger partial charge on any atom is -0.396 e. The molecule has 2 aromatic carbocycles. The van der Waals surface area contributed by atoms with Crippen molar-refractivity contribution in [1.29, 1.82) is 0 Å². The summed E-state index contributed by atoms with van der Waals surface area (Å²) < 4.78 is 2.15. The number of aliphatic hydroxyl groups excluding tert-OH is 1. The van der Waals surface area contributed by atoms with Crippen molar-refractivity contribution >= 4 is 33.4 Å². The van der Waals surface area contributed by atoms with Crippen molar-refractivity contribution in [3.63, 3.8) is 0 Å². The van der Waals surface area contributed by atoms with E-state index in [4.69, 9.17) is 11.6 Å². The molecule has 4 nitrogen and oxygen atoms in total. The second-order valence-electron chi connectivity index (χ2n) is 6.25. The number of benzene rings is 2. The number of fused-ring (bicyclic) bond motifs is 2. The van der Waals surface area contributed by atoms with Crippen LogP contribution in [0, 0.1) is 13.8 Å². The number of aryl methyl sites for hydroxylation is 1. The zero-order chi connectivity index (χ0) is 17.6. The van der Waals surface area contributed by atoms with Gasteiger partial charge in [-0.2, -0.15) is 0 Å². The fourth-order valence-corrected chi connectivity index (χ4v) is 3.66. The highest BCUT2D eigenvalue weighted by Gasteiger charge is 2.17. The minimum atomic E-state index is 0.119. The molecule has 4 aromatic rings. The van der Waals surface area contributed by atoms with Gasteiger partial charge in [0.2, 0.25) is 0 Å². The molecule has 5 heteroatoms. The molecule has 0 aliphatic carbocycles. The van der Waals surface area contributed by atoms with E-state index >= 15 is 0 Å². The Morgan fingerprint density at radius 2 is 1.88 bits per heavy atom. The highest BCUT2D eigenvalue weighted by atomic mass is 35.5. The van der Waals surface area contributed by atoms with Gasteiger partial charge in [0, 0.05) is 28.1 Å². The van der Waals surface area contributed by atoms with Crippen molar-refractivity contribution in [2.45, 2.75) is 20.3 Å². The van der Waals surface area contributed by atoms with Gasteiger partial charge in [-0.05, 0) is 56.2 Å². The first kappa shape index (κ1) is 16.1. The second kappa shape index (κ2) is 6.14. The molecule has 2 aromatic heterocycles. The lowest BCUT2D eigenvalue weighted by molar-refractivity contribution is 0.299. The van der Waals surface area contributed by atoms with Crippen LogP contribution in [0.1, 0.15) is 16.8 Å². The lowest BCUT2D eigenvalue weighted by Gasteiger charge is -2.11. The van der Waals surface area contributed by atoms with Crippen molar-refractivity contribution in [2.24, 2.45) is 0 Å². The number of aromatic nitrogens is 3. The molecule has 0 saturated heterocycles. The zero-order valence-electron chi connectivity index (χ0n) is 14.1. The molecule has 0 saturated carbocycles. The maximum atomic E-state index is 9.51.